The Balaban J connectivity index is 2.29. The first-order valence-electron chi connectivity index (χ1n) is 5.31. The number of benzene rings is 1. The van der Waals surface area contributed by atoms with Gasteiger partial charge < -0.3 is 10.3 Å². The molecule has 5 heteroatoms. The number of nitrogens with zero attached hydrogens (tertiary/aromatic N) is 1. The second-order valence-corrected chi connectivity index (χ2v) is 4.12. The Bertz CT molecular complexity index is 464. The van der Waals surface area contributed by atoms with Crippen LogP contribution in [0.1, 0.15) is 17.4 Å². The summed E-state index contributed by atoms with van der Waals surface area (Å²) in [5.74, 6) is 0.493. The summed E-state index contributed by atoms with van der Waals surface area (Å²) in [5.41, 5.74) is 0.480. The van der Waals surface area contributed by atoms with Crippen LogP contribution in [-0.2, 0) is 6.42 Å². The molecular weight excluding hydrogens is 241 g/mol. The van der Waals surface area contributed by atoms with Crippen LogP contribution in [0.5, 0.6) is 0 Å². The van der Waals surface area contributed by atoms with Gasteiger partial charge in [-0.3, -0.25) is 0 Å². The van der Waals surface area contributed by atoms with E-state index in [2.05, 4.69) is 15.3 Å². The lowest BCUT2D eigenvalue weighted by atomic mass is 10.0. The topological polar surface area (TPSA) is 40.7 Å². The van der Waals surface area contributed by atoms with Crippen molar-refractivity contribution in [2.45, 2.75) is 12.5 Å². The Kier molecular flexibility index (Phi) is 3.76. The summed E-state index contributed by atoms with van der Waals surface area (Å²) >= 11 is 6.03. The molecule has 3 nitrogen and oxygen atoms in total. The van der Waals surface area contributed by atoms with Crippen molar-refractivity contribution < 1.29 is 4.39 Å². The van der Waals surface area contributed by atoms with Crippen molar-refractivity contribution in [1.29, 1.82) is 0 Å². The highest BCUT2D eigenvalue weighted by atomic mass is 35.5. The highest BCUT2D eigenvalue weighted by Gasteiger charge is 2.18. The number of imidazole rings is 1. The number of aromatic nitrogens is 2. The minimum atomic E-state index is -0.302. The third-order valence-corrected chi connectivity index (χ3v) is 2.98. The van der Waals surface area contributed by atoms with Crippen molar-refractivity contribution in [3.63, 3.8) is 0 Å². The fraction of sp³-hybridized carbons (Fsp3) is 0.250. The molecule has 2 aromatic rings. The highest BCUT2D eigenvalue weighted by Crippen LogP contribution is 2.27. The third kappa shape index (κ3) is 2.65. The monoisotopic (exact) mass is 253 g/mol. The first-order valence-corrected chi connectivity index (χ1v) is 5.69. The minimum Gasteiger partial charge on any atom is -0.349 e. The van der Waals surface area contributed by atoms with E-state index in [-0.39, 0.29) is 11.9 Å². The molecule has 2 N–H and O–H groups in total. The summed E-state index contributed by atoms with van der Waals surface area (Å²) in [5, 5.41) is 3.48. The first-order chi connectivity index (χ1) is 8.22. The molecule has 0 aliphatic rings. The summed E-state index contributed by atoms with van der Waals surface area (Å²) in [4.78, 5) is 7.12. The van der Waals surface area contributed by atoms with Gasteiger partial charge in [0.1, 0.15) is 11.6 Å². The molecule has 0 aliphatic carbocycles. The molecule has 0 saturated heterocycles. The van der Waals surface area contributed by atoms with Gasteiger partial charge in [0.05, 0.1) is 0 Å². The van der Waals surface area contributed by atoms with E-state index in [1.54, 1.807) is 31.6 Å². The van der Waals surface area contributed by atoms with Crippen LogP contribution in [0.4, 0.5) is 4.39 Å². The Morgan fingerprint density at radius 3 is 2.94 bits per heavy atom. The lowest BCUT2D eigenvalue weighted by molar-refractivity contribution is 0.527. The molecule has 90 valence electrons. The molecule has 0 bridgehead atoms. The molecule has 1 atom stereocenters. The number of hydrogen-bond donors (Lipinski definition) is 2. The molecule has 1 aromatic heterocycles. The number of rotatable bonds is 4. The average molecular weight is 254 g/mol. The van der Waals surface area contributed by atoms with Crippen molar-refractivity contribution >= 4 is 11.6 Å². The largest absolute Gasteiger partial charge is 0.349 e. The molecule has 0 fully saturated rings. The van der Waals surface area contributed by atoms with Crippen LogP contribution in [0.15, 0.2) is 30.6 Å². The lowest BCUT2D eigenvalue weighted by Gasteiger charge is -2.17. The van der Waals surface area contributed by atoms with Crippen molar-refractivity contribution in [1.82, 2.24) is 15.3 Å². The molecule has 1 heterocycles. The highest BCUT2D eigenvalue weighted by molar-refractivity contribution is 6.31. The van der Waals surface area contributed by atoms with Gasteiger partial charge in [0.15, 0.2) is 0 Å². The summed E-state index contributed by atoms with van der Waals surface area (Å²) in [7, 11) is 1.77. The van der Waals surface area contributed by atoms with E-state index in [0.717, 1.165) is 5.82 Å². The van der Waals surface area contributed by atoms with Crippen LogP contribution >= 0.6 is 11.6 Å². The standard InChI is InChI=1S/C12H13ClFN3/c1-15-10(7-11-16-5-6-17-11)12-8(13)3-2-4-9(12)14/h2-6,10,15H,7H2,1H3,(H,16,17). The zero-order valence-electron chi connectivity index (χ0n) is 9.37. The SMILES string of the molecule is CNC(Cc1ncc[nH]1)c1c(F)cccc1Cl. The first kappa shape index (κ1) is 12.1. The normalized spacial score (nSPS) is 12.6. The van der Waals surface area contributed by atoms with Crippen molar-refractivity contribution in [3.05, 3.63) is 52.8 Å². The van der Waals surface area contributed by atoms with Crippen LogP contribution in [0.25, 0.3) is 0 Å². The van der Waals surface area contributed by atoms with E-state index in [9.17, 15) is 4.39 Å². The van der Waals surface area contributed by atoms with Gasteiger partial charge in [-0.25, -0.2) is 9.37 Å². The second kappa shape index (κ2) is 5.29. The molecular formula is C12H13ClFN3. The Morgan fingerprint density at radius 2 is 2.35 bits per heavy atom. The zero-order chi connectivity index (χ0) is 12.3. The average Bonchev–Trinajstić information content (AvgIpc) is 2.80. The predicted octanol–water partition coefficient (Wildman–Crippen LogP) is 2.71. The summed E-state index contributed by atoms with van der Waals surface area (Å²) < 4.78 is 13.8. The van der Waals surface area contributed by atoms with E-state index < -0.39 is 0 Å². The summed E-state index contributed by atoms with van der Waals surface area (Å²) in [6.07, 6.45) is 3.97. The van der Waals surface area contributed by atoms with Gasteiger partial charge >= 0.3 is 0 Å². The van der Waals surface area contributed by atoms with E-state index >= 15 is 0 Å². The van der Waals surface area contributed by atoms with Crippen molar-refractivity contribution in [2.24, 2.45) is 0 Å². The fourth-order valence-electron chi connectivity index (χ4n) is 1.80. The summed E-state index contributed by atoms with van der Waals surface area (Å²) in [6, 6.07) is 4.50. The maximum absolute atomic E-state index is 13.8. The molecule has 0 aliphatic heterocycles. The number of hydrogen-bond acceptors (Lipinski definition) is 2. The molecule has 17 heavy (non-hydrogen) atoms. The Hall–Kier alpha value is -1.39. The third-order valence-electron chi connectivity index (χ3n) is 2.65. The molecule has 1 aromatic carbocycles. The predicted molar refractivity (Wildman–Crippen MR) is 65.5 cm³/mol. The van der Waals surface area contributed by atoms with Crippen molar-refractivity contribution in [2.75, 3.05) is 7.05 Å². The summed E-state index contributed by atoms with van der Waals surface area (Å²) in [6.45, 7) is 0. The second-order valence-electron chi connectivity index (χ2n) is 3.72. The lowest BCUT2D eigenvalue weighted by Crippen LogP contribution is -2.21. The van der Waals surface area contributed by atoms with Crippen LogP contribution in [-0.4, -0.2) is 17.0 Å². The van der Waals surface area contributed by atoms with Gasteiger partial charge in [0.2, 0.25) is 0 Å². The number of nitrogens with one attached hydrogen (secondary N) is 2. The molecule has 0 radical (unpaired) electrons. The van der Waals surface area contributed by atoms with Gasteiger partial charge in [-0.1, -0.05) is 17.7 Å². The minimum absolute atomic E-state index is 0.199. The van der Waals surface area contributed by atoms with Crippen LogP contribution in [0.3, 0.4) is 0 Å². The number of aromatic amines is 1. The number of halogens is 2. The number of likely N-dealkylation sites (N-methyl/N-ethyl adjacent to an activating group) is 1. The molecule has 0 saturated carbocycles. The quantitative estimate of drug-likeness (QED) is 0.880. The van der Waals surface area contributed by atoms with E-state index in [1.165, 1.54) is 6.07 Å². The molecule has 0 spiro atoms. The van der Waals surface area contributed by atoms with E-state index in [1.807, 2.05) is 0 Å². The van der Waals surface area contributed by atoms with Gasteiger partial charge in [-0.2, -0.15) is 0 Å². The van der Waals surface area contributed by atoms with Gasteiger partial charge in [0, 0.05) is 35.4 Å². The zero-order valence-corrected chi connectivity index (χ0v) is 10.1. The van der Waals surface area contributed by atoms with Crippen LogP contribution in [0.2, 0.25) is 5.02 Å². The number of H-pyrrole nitrogens is 1. The van der Waals surface area contributed by atoms with Crippen LogP contribution in [0, 0.1) is 5.82 Å². The fourth-order valence-corrected chi connectivity index (χ4v) is 2.09. The molecule has 2 rings (SSSR count). The maximum atomic E-state index is 13.8. The Morgan fingerprint density at radius 1 is 1.53 bits per heavy atom. The van der Waals surface area contributed by atoms with E-state index in [0.29, 0.717) is 17.0 Å². The van der Waals surface area contributed by atoms with Gasteiger partial charge in [0.25, 0.3) is 0 Å². The Labute approximate surface area is 104 Å². The smallest absolute Gasteiger partial charge is 0.129 e. The van der Waals surface area contributed by atoms with E-state index in [4.69, 9.17) is 11.6 Å². The maximum Gasteiger partial charge on any atom is 0.129 e. The van der Waals surface area contributed by atoms with Crippen molar-refractivity contribution in [3.8, 4) is 0 Å². The molecule has 0 amide bonds. The van der Waals surface area contributed by atoms with Crippen LogP contribution < -0.4 is 5.32 Å². The van der Waals surface area contributed by atoms with Gasteiger partial charge in [-0.15, -0.1) is 0 Å². The van der Waals surface area contributed by atoms with Gasteiger partial charge in [-0.05, 0) is 19.2 Å². The molecule has 1 unspecified atom stereocenters.